The summed E-state index contributed by atoms with van der Waals surface area (Å²) < 4.78 is 2.10. The topological polar surface area (TPSA) is 51.0 Å². The molecule has 3 aromatic rings. The monoisotopic (exact) mass is 330 g/mol. The molecule has 0 aliphatic carbocycles. The Kier molecular flexibility index (Phi) is 2.89. The minimum absolute atomic E-state index is 0.0162. The van der Waals surface area contributed by atoms with Crippen LogP contribution in [0.2, 0.25) is 0 Å². The first-order valence-corrected chi connectivity index (χ1v) is 8.53. The van der Waals surface area contributed by atoms with Gasteiger partial charge in [-0.05, 0) is 30.7 Å². The summed E-state index contributed by atoms with van der Waals surface area (Å²) in [7, 11) is 0. The minimum Gasteiger partial charge on any atom is -0.337 e. The lowest BCUT2D eigenvalue weighted by molar-refractivity contribution is -0.133. The van der Waals surface area contributed by atoms with Gasteiger partial charge in [-0.25, -0.2) is 0 Å². The van der Waals surface area contributed by atoms with Crippen LogP contribution in [0.4, 0.5) is 0 Å². The lowest BCUT2D eigenvalue weighted by Gasteiger charge is -2.47. The van der Waals surface area contributed by atoms with Crippen molar-refractivity contribution in [3.05, 3.63) is 60.9 Å². The highest BCUT2D eigenvalue weighted by atomic mass is 16.2. The molecule has 4 heterocycles. The van der Waals surface area contributed by atoms with Gasteiger partial charge in [0.25, 0.3) is 0 Å². The molecule has 5 heteroatoms. The molecule has 0 saturated carbocycles. The van der Waals surface area contributed by atoms with Crippen molar-refractivity contribution in [1.82, 2.24) is 19.7 Å². The number of pyridine rings is 1. The predicted molar refractivity (Wildman–Crippen MR) is 96.0 cm³/mol. The van der Waals surface area contributed by atoms with E-state index in [0.717, 1.165) is 48.2 Å². The summed E-state index contributed by atoms with van der Waals surface area (Å²) in [6.07, 6.45) is 4.33. The number of carbonyl (C=O) groups is 1. The van der Waals surface area contributed by atoms with Crippen LogP contribution in [-0.2, 0) is 16.8 Å². The van der Waals surface area contributed by atoms with Crippen molar-refractivity contribution in [2.75, 3.05) is 13.1 Å². The number of aryl methyl sites for hydroxylation is 1. The van der Waals surface area contributed by atoms with E-state index in [-0.39, 0.29) is 11.3 Å². The number of benzene rings is 1. The van der Waals surface area contributed by atoms with Gasteiger partial charge in [0.15, 0.2) is 0 Å². The van der Waals surface area contributed by atoms with Crippen molar-refractivity contribution in [1.29, 1.82) is 0 Å². The Hall–Kier alpha value is -2.95. The first kappa shape index (κ1) is 14.4. The Bertz CT molecular complexity index is 1010. The second-order valence-electron chi connectivity index (χ2n) is 6.98. The van der Waals surface area contributed by atoms with Crippen molar-refractivity contribution >= 4 is 16.8 Å². The molecular formula is C20H18N4O. The lowest BCUT2D eigenvalue weighted by Crippen LogP contribution is -2.59. The molecule has 0 atom stereocenters. The first-order chi connectivity index (χ1) is 12.2. The predicted octanol–water partition coefficient (Wildman–Crippen LogP) is 2.77. The van der Waals surface area contributed by atoms with Crippen molar-refractivity contribution < 1.29 is 4.79 Å². The zero-order valence-electron chi connectivity index (χ0n) is 13.9. The maximum Gasteiger partial charge on any atom is 0.246 e. The fourth-order valence-corrected chi connectivity index (χ4v) is 4.10. The maximum absolute atomic E-state index is 11.8. The lowest BCUT2D eigenvalue weighted by atomic mass is 9.75. The van der Waals surface area contributed by atoms with Gasteiger partial charge in [-0.15, -0.1) is 0 Å². The molecule has 124 valence electrons. The average Bonchev–Trinajstić information content (AvgIpc) is 3.18. The second kappa shape index (κ2) is 5.02. The number of likely N-dealkylation sites (tertiary alicyclic amines) is 1. The average molecular weight is 330 g/mol. The third kappa shape index (κ3) is 2.05. The Morgan fingerprint density at radius 1 is 1.24 bits per heavy atom. The zero-order valence-corrected chi connectivity index (χ0v) is 13.9. The fraction of sp³-hybridized carbons (Fsp3) is 0.250. The number of amides is 1. The molecule has 0 N–H and O–H groups in total. The third-order valence-corrected chi connectivity index (χ3v) is 5.49. The van der Waals surface area contributed by atoms with E-state index >= 15 is 0 Å². The van der Waals surface area contributed by atoms with Crippen LogP contribution in [-0.4, -0.2) is 38.7 Å². The molecule has 1 spiro atoms. The Morgan fingerprint density at radius 3 is 2.92 bits per heavy atom. The molecule has 0 radical (unpaired) electrons. The molecule has 25 heavy (non-hydrogen) atoms. The third-order valence-electron chi connectivity index (χ3n) is 5.49. The quantitative estimate of drug-likeness (QED) is 0.679. The largest absolute Gasteiger partial charge is 0.337 e. The van der Waals surface area contributed by atoms with Crippen molar-refractivity contribution in [2.24, 2.45) is 0 Å². The highest BCUT2D eigenvalue weighted by Gasteiger charge is 2.50. The highest BCUT2D eigenvalue weighted by Crippen LogP contribution is 2.43. The van der Waals surface area contributed by atoms with E-state index in [1.54, 1.807) is 0 Å². The summed E-state index contributed by atoms with van der Waals surface area (Å²) in [6, 6.07) is 12.4. The molecular weight excluding hydrogens is 312 g/mol. The molecule has 2 aliphatic heterocycles. The van der Waals surface area contributed by atoms with Crippen LogP contribution in [0, 0.1) is 0 Å². The molecule has 1 amide bonds. The first-order valence-electron chi connectivity index (χ1n) is 8.53. The van der Waals surface area contributed by atoms with Crippen LogP contribution in [0.15, 0.2) is 55.3 Å². The number of rotatable bonds is 2. The Balaban J connectivity index is 1.49. The molecule has 0 unspecified atom stereocenters. The van der Waals surface area contributed by atoms with Crippen LogP contribution in [0.3, 0.4) is 0 Å². The van der Waals surface area contributed by atoms with E-state index in [1.165, 1.54) is 11.8 Å². The van der Waals surface area contributed by atoms with E-state index in [4.69, 9.17) is 5.10 Å². The molecule has 2 aliphatic rings. The molecule has 2 aromatic heterocycles. The Morgan fingerprint density at radius 2 is 2.08 bits per heavy atom. The van der Waals surface area contributed by atoms with Crippen LogP contribution in [0.5, 0.6) is 0 Å². The number of nitrogens with zero attached hydrogens (tertiary/aromatic N) is 4. The summed E-state index contributed by atoms with van der Waals surface area (Å²) in [5.41, 5.74) is 4.29. The number of fused-ring (bicyclic) bond motifs is 3. The number of carbonyl (C=O) groups excluding carboxylic acids is 1. The van der Waals surface area contributed by atoms with Gasteiger partial charge in [-0.1, -0.05) is 24.8 Å². The van der Waals surface area contributed by atoms with Crippen molar-refractivity contribution in [2.45, 2.75) is 18.4 Å². The van der Waals surface area contributed by atoms with E-state index < -0.39 is 0 Å². The summed E-state index contributed by atoms with van der Waals surface area (Å²) in [5, 5.41) is 5.91. The van der Waals surface area contributed by atoms with Gasteiger partial charge in [0.05, 0.1) is 11.2 Å². The highest BCUT2D eigenvalue weighted by molar-refractivity contribution is 5.88. The van der Waals surface area contributed by atoms with E-state index in [9.17, 15) is 4.79 Å². The molecule has 5 rings (SSSR count). The SMILES string of the molecule is C=CC(=O)N1CC2(CCn3nc(-c4cnc5ccccc5c4)cc32)C1. The normalized spacial score (nSPS) is 17.5. The van der Waals surface area contributed by atoms with Gasteiger partial charge in [-0.2, -0.15) is 5.10 Å². The fourth-order valence-electron chi connectivity index (χ4n) is 4.10. The van der Waals surface area contributed by atoms with Crippen molar-refractivity contribution in [3.63, 3.8) is 0 Å². The van der Waals surface area contributed by atoms with Crippen molar-refractivity contribution in [3.8, 4) is 11.3 Å². The van der Waals surface area contributed by atoms with Crippen LogP contribution < -0.4 is 0 Å². The van der Waals surface area contributed by atoms with Gasteiger partial charge in [0, 0.05) is 47.9 Å². The summed E-state index contributed by atoms with van der Waals surface area (Å²) in [5.74, 6) is 0.0162. The van der Waals surface area contributed by atoms with Gasteiger partial charge in [0.2, 0.25) is 5.91 Å². The standard InChI is InChI=1S/C20H18N4O/c1-2-19(25)23-12-20(13-23)7-8-24-18(20)10-17(22-24)15-9-14-5-3-4-6-16(14)21-11-15/h2-6,9-11H,1,7-8,12-13H2. The smallest absolute Gasteiger partial charge is 0.246 e. The van der Waals surface area contributed by atoms with E-state index in [2.05, 4.69) is 34.4 Å². The zero-order chi connectivity index (χ0) is 17.0. The summed E-state index contributed by atoms with van der Waals surface area (Å²) >= 11 is 0. The summed E-state index contributed by atoms with van der Waals surface area (Å²) in [4.78, 5) is 18.2. The second-order valence-corrected chi connectivity index (χ2v) is 6.98. The Labute approximate surface area is 145 Å². The van der Waals surface area contributed by atoms with Gasteiger partial charge >= 0.3 is 0 Å². The molecule has 1 fully saturated rings. The maximum atomic E-state index is 11.8. The van der Waals surface area contributed by atoms with Gasteiger partial charge < -0.3 is 4.90 Å². The van der Waals surface area contributed by atoms with Crippen LogP contribution >= 0.6 is 0 Å². The molecule has 0 bridgehead atoms. The van der Waals surface area contributed by atoms with E-state index in [1.807, 2.05) is 29.3 Å². The van der Waals surface area contributed by atoms with Gasteiger partial charge in [0.1, 0.15) is 0 Å². The molecule has 5 nitrogen and oxygen atoms in total. The minimum atomic E-state index is 0.0162. The van der Waals surface area contributed by atoms with Crippen LogP contribution in [0.25, 0.3) is 22.2 Å². The number of hydrogen-bond acceptors (Lipinski definition) is 3. The molecule has 1 saturated heterocycles. The number of aromatic nitrogens is 3. The van der Waals surface area contributed by atoms with Gasteiger partial charge in [-0.3, -0.25) is 14.5 Å². The van der Waals surface area contributed by atoms with E-state index in [0.29, 0.717) is 0 Å². The summed E-state index contributed by atoms with van der Waals surface area (Å²) in [6.45, 7) is 6.01. The number of hydrogen-bond donors (Lipinski definition) is 0. The number of para-hydroxylation sites is 1. The van der Waals surface area contributed by atoms with Crippen LogP contribution in [0.1, 0.15) is 12.1 Å². The molecule has 1 aromatic carbocycles.